The van der Waals surface area contributed by atoms with Crippen molar-refractivity contribution >= 4 is 33.0 Å². The van der Waals surface area contributed by atoms with E-state index in [1.165, 1.54) is 6.20 Å². The van der Waals surface area contributed by atoms with E-state index in [4.69, 9.17) is 11.6 Å². The second-order valence-electron chi connectivity index (χ2n) is 5.95. The van der Waals surface area contributed by atoms with E-state index in [2.05, 4.69) is 15.6 Å². The highest BCUT2D eigenvalue weighted by atomic mass is 35.5. The Bertz CT molecular complexity index is 886. The van der Waals surface area contributed by atoms with Crippen LogP contribution in [0.3, 0.4) is 0 Å². The lowest BCUT2D eigenvalue weighted by atomic mass is 10.2. The first kappa shape index (κ1) is 17.7. The Labute approximate surface area is 151 Å². The summed E-state index contributed by atoms with van der Waals surface area (Å²) in [6, 6.07) is 10.6. The zero-order chi connectivity index (χ0) is 17.9. The summed E-state index contributed by atoms with van der Waals surface area (Å²) in [5.74, 6) is -0.267. The van der Waals surface area contributed by atoms with E-state index < -0.39 is 9.84 Å². The molecule has 1 fully saturated rings. The summed E-state index contributed by atoms with van der Waals surface area (Å²) < 4.78 is 22.9. The smallest absolute Gasteiger partial charge is 0.270 e. The average Bonchev–Trinajstić information content (AvgIpc) is 2.93. The number of nitrogens with zero attached hydrogens (tertiary/aromatic N) is 1. The fourth-order valence-corrected chi connectivity index (χ4v) is 4.55. The van der Waals surface area contributed by atoms with E-state index >= 15 is 0 Å². The summed E-state index contributed by atoms with van der Waals surface area (Å²) >= 11 is 6.12. The van der Waals surface area contributed by atoms with E-state index in [1.54, 1.807) is 12.1 Å². The third-order valence-corrected chi connectivity index (χ3v) is 6.14. The molecule has 1 saturated heterocycles. The number of sulfone groups is 1. The lowest BCUT2D eigenvalue weighted by Crippen LogP contribution is -2.36. The molecule has 25 heavy (non-hydrogen) atoms. The predicted molar refractivity (Wildman–Crippen MR) is 97.5 cm³/mol. The van der Waals surface area contributed by atoms with Gasteiger partial charge in [0.05, 0.1) is 11.5 Å². The number of nitrogens with one attached hydrogen (secondary N) is 2. The standard InChI is InChI=1S/C17H18ClN3O3S/c18-15-4-2-1-3-12(15)10-20-13-5-7-19-16(9-13)17(22)21-14-6-8-25(23,24)11-14/h1-5,7,9,14H,6,8,10-11H2,(H,19,20)(H,21,22). The molecular formula is C17H18ClN3O3S. The number of aromatic nitrogens is 1. The van der Waals surface area contributed by atoms with Gasteiger partial charge < -0.3 is 10.6 Å². The minimum Gasteiger partial charge on any atom is -0.381 e. The highest BCUT2D eigenvalue weighted by Gasteiger charge is 2.29. The third-order valence-electron chi connectivity index (χ3n) is 4.00. The van der Waals surface area contributed by atoms with Crippen molar-refractivity contribution in [3.8, 4) is 0 Å². The number of carbonyl (C=O) groups excluding carboxylic acids is 1. The summed E-state index contributed by atoms with van der Waals surface area (Å²) in [5, 5.41) is 6.61. The van der Waals surface area contributed by atoms with E-state index in [9.17, 15) is 13.2 Å². The van der Waals surface area contributed by atoms with Gasteiger partial charge in [-0.05, 0) is 30.2 Å². The van der Waals surface area contributed by atoms with Crippen LogP contribution in [0, 0.1) is 0 Å². The Kier molecular flexibility index (Phi) is 5.24. The third kappa shape index (κ3) is 4.70. The maximum absolute atomic E-state index is 12.3. The molecule has 0 bridgehead atoms. The fraction of sp³-hybridized carbons (Fsp3) is 0.294. The Morgan fingerprint density at radius 2 is 2.08 bits per heavy atom. The minimum atomic E-state index is -3.03. The Morgan fingerprint density at radius 3 is 2.80 bits per heavy atom. The van der Waals surface area contributed by atoms with Crippen molar-refractivity contribution < 1.29 is 13.2 Å². The summed E-state index contributed by atoms with van der Waals surface area (Å²) in [7, 11) is -3.03. The molecule has 2 aromatic rings. The molecule has 2 N–H and O–H groups in total. The van der Waals surface area contributed by atoms with E-state index in [-0.39, 0.29) is 29.1 Å². The summed E-state index contributed by atoms with van der Waals surface area (Å²) in [4.78, 5) is 16.3. The molecule has 3 rings (SSSR count). The van der Waals surface area contributed by atoms with Crippen molar-refractivity contribution in [2.24, 2.45) is 0 Å². The second kappa shape index (κ2) is 7.41. The number of carbonyl (C=O) groups is 1. The average molecular weight is 380 g/mol. The van der Waals surface area contributed by atoms with Crippen molar-refractivity contribution in [1.29, 1.82) is 0 Å². The molecule has 0 aliphatic carbocycles. The molecule has 8 heteroatoms. The van der Waals surface area contributed by atoms with Crippen LogP contribution in [-0.4, -0.2) is 36.9 Å². The summed E-state index contributed by atoms with van der Waals surface area (Å²) in [6.07, 6.45) is 1.98. The molecule has 1 aliphatic heterocycles. The van der Waals surface area contributed by atoms with Crippen LogP contribution in [0.1, 0.15) is 22.5 Å². The van der Waals surface area contributed by atoms with Gasteiger partial charge in [-0.3, -0.25) is 9.78 Å². The van der Waals surface area contributed by atoms with Crippen LogP contribution in [-0.2, 0) is 16.4 Å². The van der Waals surface area contributed by atoms with Gasteiger partial charge in [0.2, 0.25) is 0 Å². The number of hydrogen-bond acceptors (Lipinski definition) is 5. The molecule has 0 spiro atoms. The van der Waals surface area contributed by atoms with Crippen LogP contribution in [0.15, 0.2) is 42.6 Å². The summed E-state index contributed by atoms with van der Waals surface area (Å²) in [6.45, 7) is 0.519. The molecule has 1 unspecified atom stereocenters. The Morgan fingerprint density at radius 1 is 1.28 bits per heavy atom. The lowest BCUT2D eigenvalue weighted by molar-refractivity contribution is 0.0936. The van der Waals surface area contributed by atoms with E-state index in [1.807, 2.05) is 24.3 Å². The zero-order valence-corrected chi connectivity index (χ0v) is 15.0. The van der Waals surface area contributed by atoms with Gasteiger partial charge >= 0.3 is 0 Å². The van der Waals surface area contributed by atoms with Crippen LogP contribution in [0.2, 0.25) is 5.02 Å². The number of pyridine rings is 1. The minimum absolute atomic E-state index is 0.0107. The number of amides is 1. The number of anilines is 1. The SMILES string of the molecule is O=C(NC1CCS(=O)(=O)C1)c1cc(NCc2ccccc2Cl)ccn1. The molecule has 6 nitrogen and oxygen atoms in total. The van der Waals surface area contributed by atoms with Crippen molar-refractivity contribution in [2.75, 3.05) is 16.8 Å². The lowest BCUT2D eigenvalue weighted by Gasteiger charge is -2.12. The maximum Gasteiger partial charge on any atom is 0.270 e. The predicted octanol–water partition coefficient (Wildman–Crippen LogP) is 2.26. The van der Waals surface area contributed by atoms with Crippen molar-refractivity contribution in [1.82, 2.24) is 10.3 Å². The Hall–Kier alpha value is -2.12. The van der Waals surface area contributed by atoms with Gasteiger partial charge in [0.1, 0.15) is 5.69 Å². The van der Waals surface area contributed by atoms with Gasteiger partial charge in [0, 0.05) is 29.5 Å². The van der Waals surface area contributed by atoms with Gasteiger partial charge in [-0.15, -0.1) is 0 Å². The van der Waals surface area contributed by atoms with Crippen molar-refractivity contribution in [3.63, 3.8) is 0 Å². The molecule has 1 aromatic heterocycles. The van der Waals surface area contributed by atoms with Gasteiger partial charge in [-0.2, -0.15) is 0 Å². The molecule has 0 radical (unpaired) electrons. The molecular weight excluding hydrogens is 362 g/mol. The van der Waals surface area contributed by atoms with Gasteiger partial charge in [-0.25, -0.2) is 8.42 Å². The highest BCUT2D eigenvalue weighted by molar-refractivity contribution is 7.91. The highest BCUT2D eigenvalue weighted by Crippen LogP contribution is 2.17. The van der Waals surface area contributed by atoms with Crippen LogP contribution in [0.25, 0.3) is 0 Å². The largest absolute Gasteiger partial charge is 0.381 e. The second-order valence-corrected chi connectivity index (χ2v) is 8.58. The van der Waals surface area contributed by atoms with Gasteiger partial charge in [-0.1, -0.05) is 29.8 Å². The first-order chi connectivity index (χ1) is 11.9. The van der Waals surface area contributed by atoms with Gasteiger partial charge in [0.15, 0.2) is 9.84 Å². The maximum atomic E-state index is 12.3. The molecule has 2 heterocycles. The van der Waals surface area contributed by atoms with E-state index in [0.29, 0.717) is 18.0 Å². The zero-order valence-electron chi connectivity index (χ0n) is 13.4. The molecule has 1 atom stereocenters. The van der Waals surface area contributed by atoms with Crippen LogP contribution >= 0.6 is 11.6 Å². The molecule has 0 saturated carbocycles. The quantitative estimate of drug-likeness (QED) is 0.831. The summed E-state index contributed by atoms with van der Waals surface area (Å²) in [5.41, 5.74) is 1.93. The first-order valence-electron chi connectivity index (χ1n) is 7.87. The fourth-order valence-electron chi connectivity index (χ4n) is 2.67. The molecule has 1 amide bonds. The Balaban J connectivity index is 1.63. The van der Waals surface area contributed by atoms with Crippen LogP contribution in [0.4, 0.5) is 5.69 Å². The number of rotatable bonds is 5. The number of benzene rings is 1. The first-order valence-corrected chi connectivity index (χ1v) is 10.1. The monoisotopic (exact) mass is 379 g/mol. The van der Waals surface area contributed by atoms with Gasteiger partial charge in [0.25, 0.3) is 5.91 Å². The normalized spacial score (nSPS) is 18.7. The number of halogens is 1. The molecule has 132 valence electrons. The van der Waals surface area contributed by atoms with Crippen molar-refractivity contribution in [3.05, 3.63) is 58.9 Å². The molecule has 1 aromatic carbocycles. The van der Waals surface area contributed by atoms with Crippen molar-refractivity contribution in [2.45, 2.75) is 19.0 Å². The molecule has 1 aliphatic rings. The van der Waals surface area contributed by atoms with E-state index in [0.717, 1.165) is 11.3 Å². The van der Waals surface area contributed by atoms with Crippen LogP contribution < -0.4 is 10.6 Å². The topological polar surface area (TPSA) is 88.2 Å². The number of hydrogen-bond donors (Lipinski definition) is 2. The van der Waals surface area contributed by atoms with Crippen LogP contribution in [0.5, 0.6) is 0 Å².